The molecular weight excluding hydrogens is 296 g/mol. The number of anilines is 1. The predicted octanol–water partition coefficient (Wildman–Crippen LogP) is 3.77. The Morgan fingerprint density at radius 3 is 2.86 bits per heavy atom. The largest absolute Gasteiger partial charge is 0.507 e. The smallest absolute Gasteiger partial charge is 0.158 e. The minimum absolute atomic E-state index is 0.201. The first-order chi connectivity index (χ1) is 10.6. The topological polar surface area (TPSA) is 70.4 Å². The van der Waals surface area contributed by atoms with Gasteiger partial charge in [0.05, 0.1) is 11.6 Å². The highest BCUT2D eigenvalue weighted by Crippen LogP contribution is 2.32. The van der Waals surface area contributed by atoms with E-state index in [0.717, 1.165) is 21.3 Å². The number of aromatic hydroxyl groups is 1. The maximum atomic E-state index is 9.81. The van der Waals surface area contributed by atoms with Crippen molar-refractivity contribution in [1.82, 2.24) is 9.97 Å². The minimum atomic E-state index is 0.201. The average Bonchev–Trinajstić information content (AvgIpc) is 2.79. The number of hydrogen-bond acceptors (Lipinski definition) is 6. The average molecular weight is 312 g/mol. The summed E-state index contributed by atoms with van der Waals surface area (Å²) in [5.74, 6) is 0.877. The summed E-state index contributed by atoms with van der Waals surface area (Å²) in [6, 6.07) is 5.38. The van der Waals surface area contributed by atoms with E-state index in [2.05, 4.69) is 34.3 Å². The van der Waals surface area contributed by atoms with Gasteiger partial charge < -0.3 is 5.11 Å². The molecule has 1 aromatic carbocycles. The van der Waals surface area contributed by atoms with E-state index in [0.29, 0.717) is 11.4 Å². The SMILES string of the molecule is Cc1ccc(O)c(/C=N\Nc2ncnc3sc(C)c(C)c23)c1. The van der Waals surface area contributed by atoms with Gasteiger partial charge in [-0.3, -0.25) is 5.43 Å². The third kappa shape index (κ3) is 2.65. The summed E-state index contributed by atoms with van der Waals surface area (Å²) in [6.45, 7) is 6.09. The number of phenolic OH excluding ortho intramolecular Hbond substituents is 1. The molecule has 22 heavy (non-hydrogen) atoms. The fourth-order valence-corrected chi connectivity index (χ4v) is 3.20. The van der Waals surface area contributed by atoms with Crippen LogP contribution in [0.5, 0.6) is 5.75 Å². The molecule has 3 rings (SSSR count). The monoisotopic (exact) mass is 312 g/mol. The molecule has 0 aliphatic rings. The summed E-state index contributed by atoms with van der Waals surface area (Å²) in [5.41, 5.74) is 5.84. The van der Waals surface area contributed by atoms with Crippen LogP contribution in [0.1, 0.15) is 21.6 Å². The molecule has 0 aliphatic carbocycles. The Balaban J connectivity index is 1.91. The zero-order chi connectivity index (χ0) is 15.7. The molecule has 0 fully saturated rings. The Morgan fingerprint density at radius 1 is 1.23 bits per heavy atom. The molecule has 2 aromatic heterocycles. The molecule has 0 amide bonds. The Morgan fingerprint density at radius 2 is 2.05 bits per heavy atom. The first-order valence-corrected chi connectivity index (χ1v) is 7.67. The summed E-state index contributed by atoms with van der Waals surface area (Å²) in [5, 5.41) is 15.0. The Kier molecular flexibility index (Phi) is 3.77. The molecule has 0 aliphatic heterocycles. The van der Waals surface area contributed by atoms with Crippen molar-refractivity contribution in [3.8, 4) is 5.75 Å². The number of hydrogen-bond donors (Lipinski definition) is 2. The van der Waals surface area contributed by atoms with Gasteiger partial charge in [-0.15, -0.1) is 11.3 Å². The first kappa shape index (κ1) is 14.5. The molecule has 2 heterocycles. The standard InChI is InChI=1S/C16H16N4OS/c1-9-4-5-13(21)12(6-9)7-19-20-15-14-10(2)11(3)22-16(14)18-8-17-15/h4-8,21H,1-3H3,(H,17,18,20)/b19-7-. The fraction of sp³-hybridized carbons (Fsp3) is 0.188. The Hall–Kier alpha value is -2.47. The minimum Gasteiger partial charge on any atom is -0.507 e. The summed E-state index contributed by atoms with van der Waals surface area (Å²) in [7, 11) is 0. The lowest BCUT2D eigenvalue weighted by atomic mass is 10.1. The van der Waals surface area contributed by atoms with Gasteiger partial charge in [-0.2, -0.15) is 5.10 Å². The van der Waals surface area contributed by atoms with Gasteiger partial charge >= 0.3 is 0 Å². The molecule has 0 unspecified atom stereocenters. The van der Waals surface area contributed by atoms with E-state index in [1.165, 1.54) is 11.2 Å². The van der Waals surface area contributed by atoms with Crippen LogP contribution in [0.3, 0.4) is 0 Å². The van der Waals surface area contributed by atoms with Crippen molar-refractivity contribution in [1.29, 1.82) is 0 Å². The Labute approximate surface area is 132 Å². The number of phenols is 1. The van der Waals surface area contributed by atoms with Gasteiger partial charge in [-0.05, 0) is 38.5 Å². The predicted molar refractivity (Wildman–Crippen MR) is 90.9 cm³/mol. The van der Waals surface area contributed by atoms with Crippen LogP contribution in [0, 0.1) is 20.8 Å². The lowest BCUT2D eigenvalue weighted by Gasteiger charge is -2.03. The van der Waals surface area contributed by atoms with Crippen molar-refractivity contribution >= 4 is 33.6 Å². The molecule has 0 saturated heterocycles. The van der Waals surface area contributed by atoms with Crippen LogP contribution in [0.4, 0.5) is 5.82 Å². The summed E-state index contributed by atoms with van der Waals surface area (Å²) in [4.78, 5) is 10.7. The van der Waals surface area contributed by atoms with E-state index in [1.807, 2.05) is 19.1 Å². The normalized spacial score (nSPS) is 11.4. The molecule has 112 valence electrons. The van der Waals surface area contributed by atoms with Crippen molar-refractivity contribution in [2.24, 2.45) is 5.10 Å². The van der Waals surface area contributed by atoms with Gasteiger partial charge in [0.1, 0.15) is 16.9 Å². The highest BCUT2D eigenvalue weighted by molar-refractivity contribution is 7.18. The van der Waals surface area contributed by atoms with E-state index in [-0.39, 0.29) is 5.75 Å². The fourth-order valence-electron chi connectivity index (χ4n) is 2.21. The van der Waals surface area contributed by atoms with Crippen LogP contribution in [-0.4, -0.2) is 21.3 Å². The number of nitrogens with zero attached hydrogens (tertiary/aromatic N) is 3. The van der Waals surface area contributed by atoms with Crippen LogP contribution in [0.25, 0.3) is 10.2 Å². The number of nitrogens with one attached hydrogen (secondary N) is 1. The summed E-state index contributed by atoms with van der Waals surface area (Å²) in [6.07, 6.45) is 3.12. The molecule has 0 bridgehead atoms. The number of rotatable bonds is 3. The molecule has 0 atom stereocenters. The maximum Gasteiger partial charge on any atom is 0.158 e. The zero-order valence-corrected chi connectivity index (χ0v) is 13.4. The van der Waals surface area contributed by atoms with Gasteiger partial charge in [0, 0.05) is 10.4 Å². The number of aryl methyl sites for hydroxylation is 3. The molecule has 2 N–H and O–H groups in total. The van der Waals surface area contributed by atoms with Gasteiger partial charge in [0.2, 0.25) is 0 Å². The molecule has 0 radical (unpaired) electrons. The van der Waals surface area contributed by atoms with Crippen LogP contribution in [0.2, 0.25) is 0 Å². The number of fused-ring (bicyclic) bond motifs is 1. The molecule has 0 spiro atoms. The van der Waals surface area contributed by atoms with Crippen molar-refractivity contribution in [3.63, 3.8) is 0 Å². The van der Waals surface area contributed by atoms with E-state index in [9.17, 15) is 5.11 Å². The van der Waals surface area contributed by atoms with Crippen LogP contribution in [0.15, 0.2) is 29.6 Å². The van der Waals surface area contributed by atoms with Gasteiger partial charge in [0.25, 0.3) is 0 Å². The number of aromatic nitrogens is 2. The van der Waals surface area contributed by atoms with Gasteiger partial charge in [-0.25, -0.2) is 9.97 Å². The van der Waals surface area contributed by atoms with Crippen LogP contribution < -0.4 is 5.43 Å². The molecule has 5 nitrogen and oxygen atoms in total. The highest BCUT2D eigenvalue weighted by atomic mass is 32.1. The highest BCUT2D eigenvalue weighted by Gasteiger charge is 2.11. The van der Waals surface area contributed by atoms with E-state index in [4.69, 9.17) is 0 Å². The second-order valence-corrected chi connectivity index (χ2v) is 6.32. The van der Waals surface area contributed by atoms with Crippen LogP contribution >= 0.6 is 11.3 Å². The third-order valence-corrected chi connectivity index (χ3v) is 4.64. The van der Waals surface area contributed by atoms with Crippen molar-refractivity contribution < 1.29 is 5.11 Å². The van der Waals surface area contributed by atoms with E-state index in [1.54, 1.807) is 23.6 Å². The third-order valence-electron chi connectivity index (χ3n) is 3.52. The first-order valence-electron chi connectivity index (χ1n) is 6.85. The number of thiophene rings is 1. The molecular formula is C16H16N4OS. The molecule has 6 heteroatoms. The zero-order valence-electron chi connectivity index (χ0n) is 12.6. The number of benzene rings is 1. The molecule has 3 aromatic rings. The van der Waals surface area contributed by atoms with Gasteiger partial charge in [0.15, 0.2) is 5.82 Å². The molecule has 0 saturated carbocycles. The second kappa shape index (κ2) is 5.73. The van der Waals surface area contributed by atoms with Crippen molar-refractivity contribution in [2.75, 3.05) is 5.43 Å². The van der Waals surface area contributed by atoms with Crippen molar-refractivity contribution in [3.05, 3.63) is 46.1 Å². The van der Waals surface area contributed by atoms with Crippen LogP contribution in [-0.2, 0) is 0 Å². The van der Waals surface area contributed by atoms with E-state index < -0.39 is 0 Å². The lowest BCUT2D eigenvalue weighted by Crippen LogP contribution is -1.96. The summed E-state index contributed by atoms with van der Waals surface area (Å²) >= 11 is 1.64. The second-order valence-electron chi connectivity index (χ2n) is 5.12. The Bertz CT molecular complexity index is 870. The quantitative estimate of drug-likeness (QED) is 0.570. The van der Waals surface area contributed by atoms with E-state index >= 15 is 0 Å². The van der Waals surface area contributed by atoms with Gasteiger partial charge in [-0.1, -0.05) is 11.6 Å². The summed E-state index contributed by atoms with van der Waals surface area (Å²) < 4.78 is 0. The van der Waals surface area contributed by atoms with Crippen molar-refractivity contribution in [2.45, 2.75) is 20.8 Å². The number of hydrazone groups is 1. The lowest BCUT2D eigenvalue weighted by molar-refractivity contribution is 0.474. The maximum absolute atomic E-state index is 9.81.